The number of aromatic hydroxyl groups is 1. The smallest absolute Gasteiger partial charge is 0.408 e. The summed E-state index contributed by atoms with van der Waals surface area (Å²) in [6.07, 6.45) is 4.16. The Hall–Kier alpha value is -3.55. The van der Waals surface area contributed by atoms with Crippen molar-refractivity contribution in [3.8, 4) is 5.75 Å². The fourth-order valence-electron chi connectivity index (χ4n) is 4.08. The van der Waals surface area contributed by atoms with Gasteiger partial charge >= 0.3 is 6.09 Å². The molecule has 8 heteroatoms. The predicted octanol–water partition coefficient (Wildman–Crippen LogP) is 6.01. The van der Waals surface area contributed by atoms with Crippen molar-refractivity contribution in [3.63, 3.8) is 0 Å². The summed E-state index contributed by atoms with van der Waals surface area (Å²) >= 11 is 0. The van der Waals surface area contributed by atoms with Gasteiger partial charge in [-0.05, 0) is 75.9 Å². The van der Waals surface area contributed by atoms with Gasteiger partial charge in [0.2, 0.25) is 5.91 Å². The van der Waals surface area contributed by atoms with Crippen LogP contribution in [-0.4, -0.2) is 46.6 Å². The van der Waals surface area contributed by atoms with E-state index in [-0.39, 0.29) is 18.2 Å². The van der Waals surface area contributed by atoms with E-state index in [1.807, 2.05) is 31.2 Å². The van der Waals surface area contributed by atoms with Crippen LogP contribution in [0.4, 0.5) is 10.5 Å². The molecule has 2 rings (SSSR count). The van der Waals surface area contributed by atoms with Crippen LogP contribution in [0.5, 0.6) is 5.75 Å². The molecule has 3 amide bonds. The molecule has 2 aromatic rings. The third-order valence-corrected chi connectivity index (χ3v) is 6.11. The highest BCUT2D eigenvalue weighted by Crippen LogP contribution is 2.28. The van der Waals surface area contributed by atoms with Crippen LogP contribution in [0.25, 0.3) is 0 Å². The molecule has 0 saturated heterocycles. The summed E-state index contributed by atoms with van der Waals surface area (Å²) in [6.45, 7) is 11.0. The number of carbonyl (C=O) groups is 3. The van der Waals surface area contributed by atoms with E-state index in [0.29, 0.717) is 29.8 Å². The molecule has 0 saturated carbocycles. The number of ether oxygens (including phenoxy) is 1. The van der Waals surface area contributed by atoms with E-state index in [9.17, 15) is 19.5 Å². The molecule has 0 fully saturated rings. The van der Waals surface area contributed by atoms with E-state index in [1.165, 1.54) is 11.0 Å². The van der Waals surface area contributed by atoms with Gasteiger partial charge in [0.1, 0.15) is 23.9 Å². The topological polar surface area (TPSA) is 108 Å². The van der Waals surface area contributed by atoms with Gasteiger partial charge in [0.25, 0.3) is 5.91 Å². The minimum Gasteiger partial charge on any atom is -0.508 e. The maximum atomic E-state index is 13.8. The van der Waals surface area contributed by atoms with Crippen LogP contribution >= 0.6 is 0 Å². The molecule has 0 spiro atoms. The second-order valence-corrected chi connectivity index (χ2v) is 10.6. The lowest BCUT2D eigenvalue weighted by Gasteiger charge is -2.32. The largest absolute Gasteiger partial charge is 0.508 e. The van der Waals surface area contributed by atoms with Gasteiger partial charge in [-0.25, -0.2) is 4.79 Å². The molecule has 1 unspecified atom stereocenters. The number of para-hydroxylation sites is 1. The van der Waals surface area contributed by atoms with Crippen molar-refractivity contribution in [1.29, 1.82) is 0 Å². The molecule has 0 heterocycles. The van der Waals surface area contributed by atoms with Crippen molar-refractivity contribution in [3.05, 3.63) is 59.2 Å². The normalized spacial score (nSPS) is 11.9. The number of anilines is 1. The number of unbranched alkanes of at least 4 members (excludes halogenated alkanes) is 4. The zero-order valence-corrected chi connectivity index (χ0v) is 23.6. The van der Waals surface area contributed by atoms with Crippen molar-refractivity contribution in [2.75, 3.05) is 18.4 Å². The van der Waals surface area contributed by atoms with Crippen LogP contribution in [0.2, 0.25) is 0 Å². The van der Waals surface area contributed by atoms with Crippen molar-refractivity contribution in [2.45, 2.75) is 85.3 Å². The lowest BCUT2D eigenvalue weighted by molar-refractivity contribution is -0.138. The Bertz CT molecular complexity index is 1090. The minimum atomic E-state index is -0.965. The van der Waals surface area contributed by atoms with E-state index in [4.69, 9.17) is 4.74 Å². The predicted molar refractivity (Wildman–Crippen MR) is 150 cm³/mol. The van der Waals surface area contributed by atoms with E-state index in [2.05, 4.69) is 17.6 Å². The number of nitrogens with zero attached hydrogens (tertiary/aromatic N) is 1. The van der Waals surface area contributed by atoms with Crippen LogP contribution in [0.1, 0.15) is 82.5 Å². The number of alkyl carbamates (subject to hydrolysis) is 1. The summed E-state index contributed by atoms with van der Waals surface area (Å²) in [5, 5.41) is 15.6. The maximum Gasteiger partial charge on any atom is 0.408 e. The zero-order valence-electron chi connectivity index (χ0n) is 23.6. The Kier molecular flexibility index (Phi) is 11.6. The summed E-state index contributed by atoms with van der Waals surface area (Å²) < 4.78 is 5.28. The number of hydrogen-bond donors (Lipinski definition) is 3. The second kappa shape index (κ2) is 14.4. The average Bonchev–Trinajstić information content (AvgIpc) is 2.84. The molecule has 208 valence electrons. The first-order valence-corrected chi connectivity index (χ1v) is 13.3. The third kappa shape index (κ3) is 9.72. The van der Waals surface area contributed by atoms with Crippen molar-refractivity contribution < 1.29 is 24.2 Å². The molecule has 2 aromatic carbocycles. The second-order valence-electron chi connectivity index (χ2n) is 10.6. The molecule has 38 heavy (non-hydrogen) atoms. The van der Waals surface area contributed by atoms with Crippen molar-refractivity contribution in [1.82, 2.24) is 10.2 Å². The van der Waals surface area contributed by atoms with Gasteiger partial charge in [0.05, 0.1) is 0 Å². The average molecular weight is 526 g/mol. The number of benzene rings is 2. The molecule has 0 aliphatic heterocycles. The molecule has 0 radical (unpaired) electrons. The zero-order chi connectivity index (χ0) is 28.3. The third-order valence-electron chi connectivity index (χ3n) is 6.11. The minimum absolute atomic E-state index is 0.107. The number of carbonyl (C=O) groups excluding carboxylic acids is 3. The number of rotatable bonds is 12. The molecular formula is C30H43N3O5. The fourth-order valence-corrected chi connectivity index (χ4v) is 4.08. The first kappa shape index (κ1) is 30.7. The Morgan fingerprint density at radius 3 is 2.29 bits per heavy atom. The Morgan fingerprint density at radius 2 is 1.66 bits per heavy atom. The monoisotopic (exact) mass is 525 g/mol. The molecule has 0 aromatic heterocycles. The van der Waals surface area contributed by atoms with Crippen LogP contribution in [0, 0.1) is 13.8 Å². The molecular weight excluding hydrogens is 482 g/mol. The first-order valence-electron chi connectivity index (χ1n) is 13.3. The van der Waals surface area contributed by atoms with Gasteiger partial charge in [0.15, 0.2) is 0 Å². The highest BCUT2D eigenvalue weighted by atomic mass is 16.6. The number of phenols is 1. The lowest BCUT2D eigenvalue weighted by Crippen LogP contribution is -2.47. The van der Waals surface area contributed by atoms with Gasteiger partial charge in [-0.1, -0.05) is 56.9 Å². The summed E-state index contributed by atoms with van der Waals surface area (Å²) in [4.78, 5) is 41.1. The highest BCUT2D eigenvalue weighted by molar-refractivity contribution is 5.99. The molecule has 0 aliphatic carbocycles. The number of phenolic OH excluding ortho intramolecular Hbond substituents is 1. The fraction of sp³-hybridized carbons (Fsp3) is 0.500. The Morgan fingerprint density at radius 1 is 0.974 bits per heavy atom. The van der Waals surface area contributed by atoms with E-state index in [0.717, 1.165) is 31.2 Å². The Labute approximate surface area is 226 Å². The number of aryl methyl sites for hydroxylation is 2. The summed E-state index contributed by atoms with van der Waals surface area (Å²) in [6, 6.07) is 11.4. The standard InChI is InChI=1S/C30H43N3O5/c1-7-8-9-10-13-18-33(26(35)20-31-29(37)38-30(4,5)6)27(23-16-17-25(34)22(3)19-23)28(36)32-24-15-12-11-14-21(24)2/h11-12,14-17,19,27,34H,7-10,13,18,20H2,1-6H3,(H,31,37)(H,32,36). The number of hydrogen-bond acceptors (Lipinski definition) is 5. The van der Waals surface area contributed by atoms with Crippen LogP contribution < -0.4 is 10.6 Å². The van der Waals surface area contributed by atoms with Crippen LogP contribution in [-0.2, 0) is 14.3 Å². The number of amides is 3. The van der Waals surface area contributed by atoms with E-state index < -0.39 is 23.6 Å². The summed E-state index contributed by atoms with van der Waals surface area (Å²) in [7, 11) is 0. The van der Waals surface area contributed by atoms with Gasteiger partial charge in [-0.3, -0.25) is 9.59 Å². The summed E-state index contributed by atoms with van der Waals surface area (Å²) in [5.74, 6) is -0.665. The molecule has 1 atom stereocenters. The molecule has 8 nitrogen and oxygen atoms in total. The van der Waals surface area contributed by atoms with Crippen molar-refractivity contribution in [2.24, 2.45) is 0 Å². The van der Waals surface area contributed by atoms with Crippen molar-refractivity contribution >= 4 is 23.6 Å². The van der Waals surface area contributed by atoms with Crippen LogP contribution in [0.3, 0.4) is 0 Å². The molecule has 0 bridgehead atoms. The lowest BCUT2D eigenvalue weighted by atomic mass is 10.00. The van der Waals surface area contributed by atoms with Gasteiger partial charge in [-0.2, -0.15) is 0 Å². The number of nitrogens with one attached hydrogen (secondary N) is 2. The van der Waals surface area contributed by atoms with Gasteiger partial charge in [0, 0.05) is 12.2 Å². The summed E-state index contributed by atoms with van der Waals surface area (Å²) in [5.41, 5.74) is 2.01. The first-order chi connectivity index (χ1) is 17.9. The van der Waals surface area contributed by atoms with E-state index >= 15 is 0 Å². The maximum absolute atomic E-state index is 13.8. The molecule has 0 aliphatic rings. The van der Waals surface area contributed by atoms with Gasteiger partial charge < -0.3 is 25.4 Å². The molecule has 3 N–H and O–H groups in total. The highest BCUT2D eigenvalue weighted by Gasteiger charge is 2.32. The Balaban J connectivity index is 2.39. The van der Waals surface area contributed by atoms with E-state index in [1.54, 1.807) is 39.8 Å². The van der Waals surface area contributed by atoms with Gasteiger partial charge in [-0.15, -0.1) is 0 Å². The quantitative estimate of drug-likeness (QED) is 0.294. The SMILES string of the molecule is CCCCCCCN(C(=O)CNC(=O)OC(C)(C)C)C(C(=O)Nc1ccccc1C)c1ccc(O)c(C)c1. The van der Waals surface area contributed by atoms with Crippen LogP contribution in [0.15, 0.2) is 42.5 Å².